The van der Waals surface area contributed by atoms with Crippen LogP contribution in [-0.2, 0) is 10.2 Å². The summed E-state index contributed by atoms with van der Waals surface area (Å²) in [6.07, 6.45) is 6.01. The van der Waals surface area contributed by atoms with Gasteiger partial charge in [-0.3, -0.25) is 4.79 Å². The van der Waals surface area contributed by atoms with E-state index < -0.39 is 0 Å². The van der Waals surface area contributed by atoms with E-state index in [0.717, 1.165) is 50.0 Å². The summed E-state index contributed by atoms with van der Waals surface area (Å²) in [5, 5.41) is 10.5. The van der Waals surface area contributed by atoms with Gasteiger partial charge in [-0.25, -0.2) is 9.97 Å². The fraction of sp³-hybridized carbons (Fsp3) is 0.542. The lowest BCUT2D eigenvalue weighted by atomic mass is 9.78. The summed E-state index contributed by atoms with van der Waals surface area (Å²) in [4.78, 5) is 21.4. The van der Waals surface area contributed by atoms with Crippen LogP contribution in [0.1, 0.15) is 55.5 Å². The van der Waals surface area contributed by atoms with Gasteiger partial charge in [0.2, 0.25) is 5.95 Å². The van der Waals surface area contributed by atoms with Crippen LogP contribution in [0.2, 0.25) is 5.02 Å². The number of halogens is 1. The molecule has 8 heteroatoms. The van der Waals surface area contributed by atoms with Crippen molar-refractivity contribution < 1.29 is 9.53 Å². The molecule has 0 unspecified atom stereocenters. The molecule has 1 amide bonds. The largest absolute Gasteiger partial charge is 0.383 e. The Morgan fingerprint density at radius 1 is 1.22 bits per heavy atom. The van der Waals surface area contributed by atoms with Gasteiger partial charge in [-0.1, -0.05) is 31.5 Å². The molecule has 2 aromatic rings. The molecule has 0 bridgehead atoms. The summed E-state index contributed by atoms with van der Waals surface area (Å²) < 4.78 is 5.12. The van der Waals surface area contributed by atoms with Gasteiger partial charge in [-0.05, 0) is 43.4 Å². The Bertz CT molecular complexity index is 973. The highest BCUT2D eigenvalue weighted by Gasteiger charge is 2.32. The molecule has 32 heavy (non-hydrogen) atoms. The molecule has 1 aromatic carbocycles. The quantitative estimate of drug-likeness (QED) is 0.548. The second-order valence-corrected chi connectivity index (χ2v) is 9.76. The summed E-state index contributed by atoms with van der Waals surface area (Å²) in [5.41, 5.74) is 3.15. The van der Waals surface area contributed by atoms with Crippen molar-refractivity contribution in [1.82, 2.24) is 20.6 Å². The second kappa shape index (κ2) is 9.73. The molecule has 0 atom stereocenters. The molecule has 1 saturated carbocycles. The van der Waals surface area contributed by atoms with Gasteiger partial charge in [0.1, 0.15) is 0 Å². The Kier molecular flexibility index (Phi) is 6.98. The lowest BCUT2D eigenvalue weighted by Crippen LogP contribution is -2.43. The summed E-state index contributed by atoms with van der Waals surface area (Å²) in [7, 11) is 1.73. The third kappa shape index (κ3) is 5.05. The summed E-state index contributed by atoms with van der Waals surface area (Å²) >= 11 is 6.49. The van der Waals surface area contributed by atoms with E-state index in [4.69, 9.17) is 21.3 Å². The first-order chi connectivity index (χ1) is 15.4. The lowest BCUT2D eigenvalue weighted by molar-refractivity contribution is 0.0930. The van der Waals surface area contributed by atoms with E-state index in [2.05, 4.69) is 34.8 Å². The number of hydrogen-bond acceptors (Lipinski definition) is 6. The number of ether oxygens (including phenoxy) is 1. The highest BCUT2D eigenvalue weighted by molar-refractivity contribution is 6.32. The van der Waals surface area contributed by atoms with Crippen LogP contribution in [0.25, 0.3) is 11.3 Å². The SMILES string of the molecule is COCCN[C@H]1CC[C@H](Nc2ncc(Cl)c(-c3ccc4c(c3)C(C)(C)CNC4=O)n2)CC1. The van der Waals surface area contributed by atoms with Gasteiger partial charge < -0.3 is 20.7 Å². The number of benzene rings is 1. The van der Waals surface area contributed by atoms with Crippen LogP contribution in [-0.4, -0.2) is 54.8 Å². The van der Waals surface area contributed by atoms with Gasteiger partial charge >= 0.3 is 0 Å². The van der Waals surface area contributed by atoms with Crippen molar-refractivity contribution in [3.63, 3.8) is 0 Å². The predicted octanol–water partition coefficient (Wildman–Crippen LogP) is 3.78. The number of hydrogen-bond donors (Lipinski definition) is 3. The van der Waals surface area contributed by atoms with Crippen LogP contribution in [0.15, 0.2) is 24.4 Å². The maximum Gasteiger partial charge on any atom is 0.251 e. The molecule has 1 fully saturated rings. The first-order valence-electron chi connectivity index (χ1n) is 11.3. The highest BCUT2D eigenvalue weighted by atomic mass is 35.5. The normalized spacial score (nSPS) is 22.2. The van der Waals surface area contributed by atoms with Crippen molar-refractivity contribution in [2.45, 2.75) is 57.0 Å². The number of fused-ring (bicyclic) bond motifs is 1. The van der Waals surface area contributed by atoms with Crippen LogP contribution in [0, 0.1) is 0 Å². The molecule has 4 rings (SSSR count). The Hall–Kier alpha value is -2.22. The van der Waals surface area contributed by atoms with Gasteiger partial charge in [0.05, 0.1) is 23.5 Å². The molecule has 172 valence electrons. The van der Waals surface area contributed by atoms with Crippen molar-refractivity contribution >= 4 is 23.5 Å². The third-order valence-corrected chi connectivity index (χ3v) is 6.78. The van der Waals surface area contributed by atoms with Crippen molar-refractivity contribution in [3.05, 3.63) is 40.5 Å². The van der Waals surface area contributed by atoms with Gasteiger partial charge in [0.25, 0.3) is 5.91 Å². The van der Waals surface area contributed by atoms with E-state index >= 15 is 0 Å². The van der Waals surface area contributed by atoms with Crippen LogP contribution in [0.4, 0.5) is 5.95 Å². The van der Waals surface area contributed by atoms with Crippen LogP contribution < -0.4 is 16.0 Å². The van der Waals surface area contributed by atoms with Crippen LogP contribution in [0.5, 0.6) is 0 Å². The fourth-order valence-corrected chi connectivity index (χ4v) is 4.77. The first-order valence-corrected chi connectivity index (χ1v) is 11.7. The van der Waals surface area contributed by atoms with E-state index in [1.807, 2.05) is 18.2 Å². The monoisotopic (exact) mass is 457 g/mol. The molecule has 2 aliphatic rings. The minimum absolute atomic E-state index is 0.0330. The number of rotatable bonds is 7. The van der Waals surface area contributed by atoms with Crippen LogP contribution in [0.3, 0.4) is 0 Å². The molecule has 2 heterocycles. The molecule has 1 aromatic heterocycles. The van der Waals surface area contributed by atoms with E-state index in [1.54, 1.807) is 13.3 Å². The Balaban J connectivity index is 1.48. The first kappa shape index (κ1) is 23.0. The van der Waals surface area contributed by atoms with Crippen molar-refractivity contribution in [1.29, 1.82) is 0 Å². The second-order valence-electron chi connectivity index (χ2n) is 9.36. The van der Waals surface area contributed by atoms with E-state index in [9.17, 15) is 4.79 Å². The Morgan fingerprint density at radius 2 is 1.97 bits per heavy atom. The fourth-order valence-electron chi connectivity index (χ4n) is 4.57. The van der Waals surface area contributed by atoms with Gasteiger partial charge in [0.15, 0.2) is 0 Å². The van der Waals surface area contributed by atoms with Crippen molar-refractivity contribution in [3.8, 4) is 11.3 Å². The van der Waals surface area contributed by atoms with Gasteiger partial charge in [-0.15, -0.1) is 0 Å². The summed E-state index contributed by atoms with van der Waals surface area (Å²) in [5.74, 6) is 0.559. The summed E-state index contributed by atoms with van der Waals surface area (Å²) in [6.45, 7) is 6.50. The average molecular weight is 458 g/mol. The standard InChI is InChI=1S/C24H32ClN5O2/c1-24(2)14-28-22(31)18-9-4-15(12-19(18)24)21-20(25)13-27-23(30-21)29-17-7-5-16(6-8-17)26-10-11-32-3/h4,9,12-13,16-17,26H,5-8,10-11,14H2,1-3H3,(H,28,31)(H,27,29,30)/t16-,17-. The maximum atomic E-state index is 12.3. The molecule has 1 aliphatic heterocycles. The third-order valence-electron chi connectivity index (χ3n) is 6.50. The van der Waals surface area contributed by atoms with E-state index in [1.165, 1.54) is 0 Å². The molecule has 7 nitrogen and oxygen atoms in total. The van der Waals surface area contributed by atoms with E-state index in [-0.39, 0.29) is 11.3 Å². The molecule has 0 saturated heterocycles. The number of nitrogens with one attached hydrogen (secondary N) is 3. The van der Waals surface area contributed by atoms with E-state index in [0.29, 0.717) is 40.9 Å². The van der Waals surface area contributed by atoms with Crippen molar-refractivity contribution in [2.24, 2.45) is 0 Å². The Morgan fingerprint density at radius 3 is 2.72 bits per heavy atom. The predicted molar refractivity (Wildman–Crippen MR) is 127 cm³/mol. The Labute approximate surface area is 194 Å². The highest BCUT2D eigenvalue weighted by Crippen LogP contribution is 2.35. The zero-order valence-corrected chi connectivity index (χ0v) is 19.8. The average Bonchev–Trinajstić information content (AvgIpc) is 2.79. The molecule has 0 radical (unpaired) electrons. The van der Waals surface area contributed by atoms with Gasteiger partial charge in [-0.2, -0.15) is 0 Å². The number of carbonyl (C=O) groups excluding carboxylic acids is 1. The topological polar surface area (TPSA) is 88.2 Å². The minimum Gasteiger partial charge on any atom is -0.383 e. The van der Waals surface area contributed by atoms with Crippen LogP contribution >= 0.6 is 11.6 Å². The van der Waals surface area contributed by atoms with Crippen molar-refractivity contribution in [2.75, 3.05) is 32.1 Å². The zero-order valence-electron chi connectivity index (χ0n) is 19.0. The maximum absolute atomic E-state index is 12.3. The number of anilines is 1. The molecule has 3 N–H and O–H groups in total. The summed E-state index contributed by atoms with van der Waals surface area (Å²) in [6, 6.07) is 6.71. The number of aromatic nitrogens is 2. The smallest absolute Gasteiger partial charge is 0.251 e. The molecule has 0 spiro atoms. The number of methoxy groups -OCH3 is 1. The number of nitrogens with zero attached hydrogens (tertiary/aromatic N) is 2. The van der Waals surface area contributed by atoms with Gasteiger partial charge in [0, 0.05) is 48.8 Å². The number of amides is 1. The lowest BCUT2D eigenvalue weighted by Gasteiger charge is -2.32. The molecule has 1 aliphatic carbocycles. The minimum atomic E-state index is -0.157. The molecular weight excluding hydrogens is 426 g/mol. The number of carbonyl (C=O) groups is 1. The zero-order chi connectivity index (χ0) is 22.7. The molecular formula is C24H32ClN5O2.